The minimum atomic E-state index is -3.01. The lowest BCUT2D eigenvalue weighted by atomic mass is 10.2. The van der Waals surface area contributed by atoms with Crippen molar-refractivity contribution in [3.8, 4) is 0 Å². The van der Waals surface area contributed by atoms with Crippen molar-refractivity contribution in [2.45, 2.75) is 38.5 Å². The summed E-state index contributed by atoms with van der Waals surface area (Å²) in [5, 5.41) is 0. The number of carbonyl (C=O) groups excluding carboxylic acids is 2. The van der Waals surface area contributed by atoms with Crippen molar-refractivity contribution < 1.29 is 36.6 Å². The minimum absolute atomic E-state index is 0.0268. The van der Waals surface area contributed by atoms with Gasteiger partial charge in [0, 0.05) is 26.5 Å². The minimum Gasteiger partial charge on any atom is -0.462 e. The maximum atomic E-state index is 12.6. The highest BCUT2D eigenvalue weighted by atomic mass is 19.3. The number of halogens is 4. The molecular formula is C18H26F4N4O4. The number of nitrogens with two attached hydrogens (primary N) is 2. The van der Waals surface area contributed by atoms with Crippen LogP contribution in [0.25, 0.3) is 0 Å². The Bertz CT molecular complexity index is 634. The number of aliphatic imine (C=N–C) groups is 2. The molecule has 0 aromatic rings. The maximum absolute atomic E-state index is 12.6. The summed E-state index contributed by atoms with van der Waals surface area (Å²) in [6.45, 7) is -0.0536. The number of allylic oxidation sites excluding steroid dienone is 2. The van der Waals surface area contributed by atoms with Gasteiger partial charge in [-0.15, -0.1) is 0 Å². The van der Waals surface area contributed by atoms with Gasteiger partial charge in [0.25, 0.3) is 12.9 Å². The molecule has 0 amide bonds. The summed E-state index contributed by atoms with van der Waals surface area (Å²) in [4.78, 5) is 30.6. The largest absolute Gasteiger partial charge is 0.462 e. The van der Waals surface area contributed by atoms with E-state index in [4.69, 9.17) is 20.9 Å². The smallest absolute Gasteiger partial charge is 0.341 e. The quantitative estimate of drug-likeness (QED) is 0.149. The van der Waals surface area contributed by atoms with Crippen LogP contribution in [0.15, 0.2) is 32.5 Å². The van der Waals surface area contributed by atoms with Gasteiger partial charge in [-0.05, 0) is 25.7 Å². The Balaban J connectivity index is 4.27. The molecular weight excluding hydrogens is 412 g/mol. The Morgan fingerprint density at radius 3 is 1.37 bits per heavy atom. The fourth-order valence-corrected chi connectivity index (χ4v) is 2.03. The highest BCUT2D eigenvalue weighted by Crippen LogP contribution is 2.11. The molecule has 0 spiro atoms. The second kappa shape index (κ2) is 15.0. The molecule has 0 saturated carbocycles. The number of hydrogen-bond donors (Lipinski definition) is 2. The lowest BCUT2D eigenvalue weighted by molar-refractivity contribution is -0.139. The van der Waals surface area contributed by atoms with E-state index in [-0.39, 0.29) is 13.2 Å². The van der Waals surface area contributed by atoms with Crippen molar-refractivity contribution in [3.63, 3.8) is 0 Å². The molecule has 30 heavy (non-hydrogen) atoms. The number of carbonyl (C=O) groups is 2. The molecule has 8 nitrogen and oxygen atoms in total. The summed E-state index contributed by atoms with van der Waals surface area (Å²) >= 11 is 0. The third-order valence-corrected chi connectivity index (χ3v) is 3.55. The van der Waals surface area contributed by atoms with Gasteiger partial charge in [-0.25, -0.2) is 27.2 Å². The standard InChI is InChI=1S/C18H26F4N4O4/c1-25-9-11(13(23)15(19)20)17(27)29-7-5-3-4-6-8-30-18(28)12(10-26-2)14(24)16(21)22/h9-10,15-16H,3-8,23-24H2,1-2H3. The SMILES string of the molecule is CN=CC(C(=O)OCCCCCCOC(=O)C(C=NC)=C(N)C(F)F)=C(N)C(F)F. The summed E-state index contributed by atoms with van der Waals surface area (Å²) in [5.41, 5.74) is 7.51. The second-order valence-electron chi connectivity index (χ2n) is 5.80. The van der Waals surface area contributed by atoms with E-state index in [9.17, 15) is 27.2 Å². The Labute approximate surface area is 171 Å². The first-order valence-corrected chi connectivity index (χ1v) is 8.91. The summed E-state index contributed by atoms with van der Waals surface area (Å²) in [6.07, 6.45) is -2.20. The number of ether oxygens (including phenoxy) is 2. The summed E-state index contributed by atoms with van der Waals surface area (Å²) in [7, 11) is 2.60. The molecule has 0 aliphatic carbocycles. The molecule has 4 N–H and O–H groups in total. The molecule has 0 saturated heterocycles. The lowest BCUT2D eigenvalue weighted by Gasteiger charge is -2.09. The average Bonchev–Trinajstić information content (AvgIpc) is 2.70. The summed E-state index contributed by atoms with van der Waals surface area (Å²) in [5.74, 6) is -2.00. The van der Waals surface area contributed by atoms with Crippen LogP contribution < -0.4 is 11.5 Å². The van der Waals surface area contributed by atoms with Gasteiger partial charge < -0.3 is 20.9 Å². The molecule has 0 rings (SSSR count). The molecule has 0 atom stereocenters. The highest BCUT2D eigenvalue weighted by molar-refractivity contribution is 6.10. The van der Waals surface area contributed by atoms with Gasteiger partial charge in [-0.1, -0.05) is 0 Å². The van der Waals surface area contributed by atoms with E-state index in [2.05, 4.69) is 9.98 Å². The Kier molecular flexibility index (Phi) is 13.5. The van der Waals surface area contributed by atoms with Crippen LogP contribution in [0.4, 0.5) is 17.6 Å². The van der Waals surface area contributed by atoms with E-state index >= 15 is 0 Å². The summed E-state index contributed by atoms with van der Waals surface area (Å²) < 4.78 is 60.2. The molecule has 12 heteroatoms. The van der Waals surface area contributed by atoms with Gasteiger partial charge in [-0.2, -0.15) is 0 Å². The fraction of sp³-hybridized carbons (Fsp3) is 0.556. The van der Waals surface area contributed by atoms with Crippen LogP contribution in [0.1, 0.15) is 25.7 Å². The van der Waals surface area contributed by atoms with Gasteiger partial charge in [0.05, 0.1) is 24.6 Å². The van der Waals surface area contributed by atoms with Crippen LogP contribution in [0.3, 0.4) is 0 Å². The Morgan fingerprint density at radius 1 is 0.767 bits per heavy atom. The lowest BCUT2D eigenvalue weighted by Crippen LogP contribution is -2.20. The topological polar surface area (TPSA) is 129 Å². The average molecular weight is 438 g/mol. The van der Waals surface area contributed by atoms with Crippen LogP contribution in [0.2, 0.25) is 0 Å². The highest BCUT2D eigenvalue weighted by Gasteiger charge is 2.20. The molecule has 0 aromatic carbocycles. The molecule has 0 heterocycles. The third-order valence-electron chi connectivity index (χ3n) is 3.55. The van der Waals surface area contributed by atoms with Crippen LogP contribution in [0, 0.1) is 0 Å². The predicted octanol–water partition coefficient (Wildman–Crippen LogP) is 1.99. The first-order chi connectivity index (χ1) is 14.2. The molecule has 0 radical (unpaired) electrons. The monoisotopic (exact) mass is 438 g/mol. The van der Waals surface area contributed by atoms with Crippen molar-refractivity contribution in [2.75, 3.05) is 27.3 Å². The number of rotatable bonds is 13. The first kappa shape index (κ1) is 27.1. The molecule has 0 aliphatic rings. The first-order valence-electron chi connectivity index (χ1n) is 8.91. The normalized spacial score (nSPS) is 13.7. The number of unbranched alkanes of at least 4 members (excludes halogenated alkanes) is 3. The van der Waals surface area contributed by atoms with Crippen molar-refractivity contribution in [3.05, 3.63) is 22.5 Å². The van der Waals surface area contributed by atoms with Crippen molar-refractivity contribution in [1.82, 2.24) is 0 Å². The predicted molar refractivity (Wildman–Crippen MR) is 104 cm³/mol. The third kappa shape index (κ3) is 10.0. The van der Waals surface area contributed by atoms with Crippen molar-refractivity contribution >= 4 is 24.4 Å². The number of alkyl halides is 4. The number of esters is 2. The molecule has 170 valence electrons. The number of nitrogens with zero attached hydrogens (tertiary/aromatic N) is 2. The zero-order valence-electron chi connectivity index (χ0n) is 16.7. The zero-order valence-corrected chi connectivity index (χ0v) is 16.7. The van der Waals surface area contributed by atoms with Gasteiger partial charge in [0.2, 0.25) is 0 Å². The van der Waals surface area contributed by atoms with E-state index in [1.54, 1.807) is 0 Å². The molecule has 0 aromatic heterocycles. The van der Waals surface area contributed by atoms with E-state index in [0.717, 1.165) is 12.4 Å². The van der Waals surface area contributed by atoms with Crippen LogP contribution in [0.5, 0.6) is 0 Å². The van der Waals surface area contributed by atoms with Crippen molar-refractivity contribution in [1.29, 1.82) is 0 Å². The van der Waals surface area contributed by atoms with Gasteiger partial charge in [0.15, 0.2) is 0 Å². The Hall–Kier alpha value is -2.92. The number of hydrogen-bond acceptors (Lipinski definition) is 8. The van der Waals surface area contributed by atoms with Gasteiger partial charge in [0.1, 0.15) is 11.1 Å². The zero-order chi connectivity index (χ0) is 23.1. The molecule has 0 fully saturated rings. The molecule has 0 unspecified atom stereocenters. The van der Waals surface area contributed by atoms with Crippen LogP contribution >= 0.6 is 0 Å². The van der Waals surface area contributed by atoms with E-state index < -0.39 is 47.3 Å². The summed E-state index contributed by atoms with van der Waals surface area (Å²) in [6, 6.07) is 0. The van der Waals surface area contributed by atoms with E-state index in [1.807, 2.05) is 0 Å². The maximum Gasteiger partial charge on any atom is 0.341 e. The van der Waals surface area contributed by atoms with Crippen LogP contribution in [-0.2, 0) is 19.1 Å². The second-order valence-corrected chi connectivity index (χ2v) is 5.80. The van der Waals surface area contributed by atoms with Crippen LogP contribution in [-0.4, -0.2) is 64.5 Å². The van der Waals surface area contributed by atoms with Gasteiger partial charge in [-0.3, -0.25) is 9.98 Å². The fourth-order valence-electron chi connectivity index (χ4n) is 2.03. The molecule has 0 aliphatic heterocycles. The molecule has 0 bridgehead atoms. The van der Waals surface area contributed by atoms with E-state index in [1.165, 1.54) is 14.1 Å². The van der Waals surface area contributed by atoms with Gasteiger partial charge >= 0.3 is 11.9 Å². The van der Waals surface area contributed by atoms with E-state index in [0.29, 0.717) is 25.7 Å². The van der Waals surface area contributed by atoms with Crippen molar-refractivity contribution in [2.24, 2.45) is 21.5 Å². The Morgan fingerprint density at radius 2 is 1.10 bits per heavy atom.